The molecule has 1 saturated carbocycles. The van der Waals surface area contributed by atoms with E-state index in [0.717, 1.165) is 24.3 Å². The van der Waals surface area contributed by atoms with Gasteiger partial charge < -0.3 is 5.32 Å². The van der Waals surface area contributed by atoms with Gasteiger partial charge in [0.05, 0.1) is 0 Å². The highest BCUT2D eigenvalue weighted by Crippen LogP contribution is 2.39. The number of hydrogen-bond donors (Lipinski definition) is 1. The Bertz CT molecular complexity index is 387. The van der Waals surface area contributed by atoms with Crippen molar-refractivity contribution in [3.05, 3.63) is 33.4 Å². The van der Waals surface area contributed by atoms with E-state index in [2.05, 4.69) is 72.9 Å². The average molecular weight is 371 g/mol. The fourth-order valence-electron chi connectivity index (χ4n) is 3.34. The van der Waals surface area contributed by atoms with Gasteiger partial charge in [-0.1, -0.05) is 39.3 Å². The molecule has 1 nitrogen and oxygen atoms in total. The Morgan fingerprint density at radius 3 is 2.42 bits per heavy atom. The maximum atomic E-state index is 3.72. The summed E-state index contributed by atoms with van der Waals surface area (Å²) in [6, 6.07) is 9.61. The van der Waals surface area contributed by atoms with Crippen LogP contribution in [0.15, 0.2) is 24.3 Å². The first-order valence-corrected chi connectivity index (χ1v) is 8.68. The summed E-state index contributed by atoms with van der Waals surface area (Å²) >= 11 is 2.38. The molecule has 1 N–H and O–H groups in total. The molecule has 1 aliphatic carbocycles. The van der Waals surface area contributed by atoms with Crippen molar-refractivity contribution in [2.24, 2.45) is 17.8 Å². The lowest BCUT2D eigenvalue weighted by Crippen LogP contribution is -2.33. The van der Waals surface area contributed by atoms with E-state index >= 15 is 0 Å². The van der Waals surface area contributed by atoms with Gasteiger partial charge in [-0.25, -0.2) is 0 Å². The molecule has 19 heavy (non-hydrogen) atoms. The summed E-state index contributed by atoms with van der Waals surface area (Å²) in [7, 11) is 0. The van der Waals surface area contributed by atoms with Gasteiger partial charge in [-0.3, -0.25) is 0 Å². The van der Waals surface area contributed by atoms with E-state index in [-0.39, 0.29) is 0 Å². The summed E-state index contributed by atoms with van der Waals surface area (Å²) in [5.41, 5.74) is 1.47. The molecule has 2 rings (SSSR count). The molecule has 0 radical (unpaired) electrons. The van der Waals surface area contributed by atoms with Crippen LogP contribution in [0.5, 0.6) is 0 Å². The number of rotatable bonds is 4. The Labute approximate surface area is 131 Å². The van der Waals surface area contributed by atoms with Gasteiger partial charge >= 0.3 is 0 Å². The standard InChI is InChI=1S/C17H26IN/c1-4-19-17(14-7-9-16(18)10-8-14)15-6-5-12(2)13(3)11-15/h7-10,12-13,15,17,19H,4-6,11H2,1-3H3. The Morgan fingerprint density at radius 1 is 1.16 bits per heavy atom. The van der Waals surface area contributed by atoms with E-state index in [0.29, 0.717) is 6.04 Å². The van der Waals surface area contributed by atoms with Gasteiger partial charge in [0, 0.05) is 9.61 Å². The van der Waals surface area contributed by atoms with Gasteiger partial charge in [-0.2, -0.15) is 0 Å². The topological polar surface area (TPSA) is 12.0 Å². The van der Waals surface area contributed by atoms with Gasteiger partial charge in [0.2, 0.25) is 0 Å². The molecular weight excluding hydrogens is 345 g/mol. The van der Waals surface area contributed by atoms with E-state index in [4.69, 9.17) is 0 Å². The smallest absolute Gasteiger partial charge is 0.0348 e. The minimum absolute atomic E-state index is 0.539. The van der Waals surface area contributed by atoms with Crippen molar-refractivity contribution < 1.29 is 0 Å². The second-order valence-corrected chi connectivity index (χ2v) is 7.36. The van der Waals surface area contributed by atoms with Crippen LogP contribution in [-0.4, -0.2) is 6.54 Å². The lowest BCUT2D eigenvalue weighted by Gasteiger charge is -2.37. The lowest BCUT2D eigenvalue weighted by atomic mass is 9.72. The predicted molar refractivity (Wildman–Crippen MR) is 91.2 cm³/mol. The second kappa shape index (κ2) is 7.07. The van der Waals surface area contributed by atoms with Crippen molar-refractivity contribution in [2.45, 2.75) is 46.1 Å². The summed E-state index contributed by atoms with van der Waals surface area (Å²) in [5.74, 6) is 2.56. The Kier molecular flexibility index (Phi) is 5.70. The number of benzene rings is 1. The SMILES string of the molecule is CCNC(c1ccc(I)cc1)C1CCC(C)C(C)C1. The van der Waals surface area contributed by atoms with Crippen molar-refractivity contribution in [3.8, 4) is 0 Å². The van der Waals surface area contributed by atoms with Crippen molar-refractivity contribution in [3.63, 3.8) is 0 Å². The molecule has 2 heteroatoms. The van der Waals surface area contributed by atoms with E-state index in [1.807, 2.05) is 0 Å². The van der Waals surface area contributed by atoms with Gasteiger partial charge in [0.15, 0.2) is 0 Å². The summed E-state index contributed by atoms with van der Waals surface area (Å²) < 4.78 is 1.32. The second-order valence-electron chi connectivity index (χ2n) is 6.11. The quantitative estimate of drug-likeness (QED) is 0.734. The normalized spacial score (nSPS) is 29.2. The third kappa shape index (κ3) is 3.94. The highest BCUT2D eigenvalue weighted by atomic mass is 127. The van der Waals surface area contributed by atoms with E-state index in [9.17, 15) is 0 Å². The highest BCUT2D eigenvalue weighted by molar-refractivity contribution is 14.1. The Morgan fingerprint density at radius 2 is 1.84 bits per heavy atom. The van der Waals surface area contributed by atoms with Crippen LogP contribution in [0, 0.1) is 21.3 Å². The lowest BCUT2D eigenvalue weighted by molar-refractivity contribution is 0.172. The first-order chi connectivity index (χ1) is 9.11. The number of nitrogens with one attached hydrogen (secondary N) is 1. The Hall–Kier alpha value is -0.0900. The van der Waals surface area contributed by atoms with Crippen LogP contribution in [0.25, 0.3) is 0 Å². The van der Waals surface area contributed by atoms with Gasteiger partial charge in [-0.15, -0.1) is 0 Å². The zero-order valence-electron chi connectivity index (χ0n) is 12.3. The summed E-state index contributed by atoms with van der Waals surface area (Å²) in [5, 5.41) is 3.72. The summed E-state index contributed by atoms with van der Waals surface area (Å²) in [6.07, 6.45) is 4.12. The molecule has 0 spiro atoms. The maximum absolute atomic E-state index is 3.72. The zero-order valence-corrected chi connectivity index (χ0v) is 14.5. The van der Waals surface area contributed by atoms with Crippen LogP contribution in [-0.2, 0) is 0 Å². The fourth-order valence-corrected chi connectivity index (χ4v) is 3.70. The van der Waals surface area contributed by atoms with E-state index < -0.39 is 0 Å². The fraction of sp³-hybridized carbons (Fsp3) is 0.647. The monoisotopic (exact) mass is 371 g/mol. The molecule has 1 aromatic rings. The van der Waals surface area contributed by atoms with Crippen LogP contribution in [0.2, 0.25) is 0 Å². The van der Waals surface area contributed by atoms with Crippen LogP contribution >= 0.6 is 22.6 Å². The molecule has 0 aliphatic heterocycles. The van der Waals surface area contributed by atoms with Crippen LogP contribution in [0.3, 0.4) is 0 Å². The Balaban J connectivity index is 2.13. The van der Waals surface area contributed by atoms with E-state index in [1.54, 1.807) is 0 Å². The van der Waals surface area contributed by atoms with Gasteiger partial charge in [-0.05, 0) is 77.4 Å². The van der Waals surface area contributed by atoms with E-state index in [1.165, 1.54) is 28.4 Å². The maximum Gasteiger partial charge on any atom is 0.0348 e. The molecule has 0 aromatic heterocycles. The third-order valence-electron chi connectivity index (χ3n) is 4.76. The molecule has 0 bridgehead atoms. The molecule has 4 atom stereocenters. The van der Waals surface area contributed by atoms with Gasteiger partial charge in [0.1, 0.15) is 0 Å². The summed E-state index contributed by atoms with van der Waals surface area (Å²) in [6.45, 7) is 8.10. The average Bonchev–Trinajstić information content (AvgIpc) is 2.41. The molecule has 0 heterocycles. The number of halogens is 1. The number of hydrogen-bond acceptors (Lipinski definition) is 1. The first-order valence-electron chi connectivity index (χ1n) is 7.60. The molecule has 106 valence electrons. The van der Waals surface area contributed by atoms with Crippen LogP contribution in [0.4, 0.5) is 0 Å². The largest absolute Gasteiger partial charge is 0.310 e. The third-order valence-corrected chi connectivity index (χ3v) is 5.48. The van der Waals surface area contributed by atoms with Crippen molar-refractivity contribution in [1.82, 2.24) is 5.32 Å². The molecule has 0 saturated heterocycles. The molecule has 4 unspecified atom stereocenters. The summed E-state index contributed by atoms with van der Waals surface area (Å²) in [4.78, 5) is 0. The first kappa shape index (κ1) is 15.3. The van der Waals surface area contributed by atoms with Crippen molar-refractivity contribution >= 4 is 22.6 Å². The predicted octanol–water partition coefficient (Wildman–Crippen LogP) is 5.01. The molecule has 1 fully saturated rings. The van der Waals surface area contributed by atoms with Crippen molar-refractivity contribution in [2.75, 3.05) is 6.54 Å². The van der Waals surface area contributed by atoms with Crippen LogP contribution in [0.1, 0.15) is 51.6 Å². The molecular formula is C17H26IN. The molecule has 0 amide bonds. The van der Waals surface area contributed by atoms with Crippen molar-refractivity contribution in [1.29, 1.82) is 0 Å². The minimum atomic E-state index is 0.539. The minimum Gasteiger partial charge on any atom is -0.310 e. The highest BCUT2D eigenvalue weighted by Gasteiger charge is 2.30. The molecule has 1 aromatic carbocycles. The van der Waals surface area contributed by atoms with Gasteiger partial charge in [0.25, 0.3) is 0 Å². The zero-order chi connectivity index (χ0) is 13.8. The van der Waals surface area contributed by atoms with Crippen LogP contribution < -0.4 is 5.32 Å². The molecule has 1 aliphatic rings.